The van der Waals surface area contributed by atoms with E-state index in [0.717, 1.165) is 27.8 Å². The maximum Gasteiger partial charge on any atom is 0.307 e. The van der Waals surface area contributed by atoms with E-state index in [1.807, 2.05) is 53.3 Å². The number of hydrogen-bond donors (Lipinski definition) is 1. The average Bonchev–Trinajstić information content (AvgIpc) is 2.91. The first kappa shape index (κ1) is 14.1. The van der Waals surface area contributed by atoms with Crippen LogP contribution in [0.3, 0.4) is 0 Å². The van der Waals surface area contributed by atoms with E-state index in [1.54, 1.807) is 7.11 Å². The molecule has 0 amide bonds. The van der Waals surface area contributed by atoms with E-state index in [4.69, 9.17) is 9.84 Å². The predicted octanol–water partition coefficient (Wildman–Crippen LogP) is 2.72. The fourth-order valence-electron chi connectivity index (χ4n) is 2.47. The van der Waals surface area contributed by atoms with E-state index in [9.17, 15) is 4.79 Å². The minimum Gasteiger partial charge on any atom is -0.497 e. The van der Waals surface area contributed by atoms with Gasteiger partial charge < -0.3 is 9.84 Å². The van der Waals surface area contributed by atoms with Crippen LogP contribution in [0.4, 0.5) is 0 Å². The van der Waals surface area contributed by atoms with Crippen molar-refractivity contribution in [2.75, 3.05) is 7.11 Å². The largest absolute Gasteiger partial charge is 0.497 e. The summed E-state index contributed by atoms with van der Waals surface area (Å²) in [6.45, 7) is 0.630. The number of methoxy groups -OCH3 is 1. The molecule has 0 saturated carbocycles. The first-order valence-corrected chi connectivity index (χ1v) is 6.95. The lowest BCUT2D eigenvalue weighted by molar-refractivity contribution is -0.136. The molecule has 2 aromatic carbocycles. The zero-order valence-electron chi connectivity index (χ0n) is 12.2. The lowest BCUT2D eigenvalue weighted by Crippen LogP contribution is -2.00. The molecule has 0 unspecified atom stereocenters. The minimum absolute atomic E-state index is 0.00552. The van der Waals surface area contributed by atoms with Gasteiger partial charge in [-0.1, -0.05) is 24.3 Å². The Morgan fingerprint density at radius 1 is 1.23 bits per heavy atom. The summed E-state index contributed by atoms with van der Waals surface area (Å²) in [6, 6.07) is 13.4. The maximum absolute atomic E-state index is 10.9. The Bertz CT molecular complexity index is 806. The number of carbonyl (C=O) groups is 1. The van der Waals surface area contributed by atoms with Crippen molar-refractivity contribution in [2.24, 2.45) is 0 Å². The molecular formula is C17H16N2O3. The summed E-state index contributed by atoms with van der Waals surface area (Å²) in [5, 5.41) is 14.4. The number of aliphatic carboxylic acids is 1. The molecule has 0 atom stereocenters. The summed E-state index contributed by atoms with van der Waals surface area (Å²) in [5.41, 5.74) is 2.70. The Labute approximate surface area is 127 Å². The van der Waals surface area contributed by atoms with E-state index in [0.29, 0.717) is 6.54 Å². The van der Waals surface area contributed by atoms with Gasteiger partial charge in [0.2, 0.25) is 0 Å². The molecule has 112 valence electrons. The summed E-state index contributed by atoms with van der Waals surface area (Å²) in [6.07, 6.45) is 1.91. The fraction of sp³-hybridized carbons (Fsp3) is 0.176. The van der Waals surface area contributed by atoms with Gasteiger partial charge >= 0.3 is 5.97 Å². The average molecular weight is 296 g/mol. The molecule has 0 saturated heterocycles. The van der Waals surface area contributed by atoms with Gasteiger partial charge in [-0.15, -0.1) is 0 Å². The van der Waals surface area contributed by atoms with Crippen molar-refractivity contribution in [3.63, 3.8) is 0 Å². The highest BCUT2D eigenvalue weighted by Gasteiger charge is 2.09. The third kappa shape index (κ3) is 2.93. The van der Waals surface area contributed by atoms with Crippen LogP contribution >= 0.6 is 0 Å². The van der Waals surface area contributed by atoms with Crippen LogP contribution in [0.1, 0.15) is 11.1 Å². The summed E-state index contributed by atoms with van der Waals surface area (Å²) in [4.78, 5) is 10.9. The lowest BCUT2D eigenvalue weighted by atomic mass is 10.1. The monoisotopic (exact) mass is 296 g/mol. The Balaban J connectivity index is 1.89. The van der Waals surface area contributed by atoms with Crippen LogP contribution in [0, 0.1) is 0 Å². The molecule has 1 aromatic heterocycles. The number of hydrogen-bond acceptors (Lipinski definition) is 3. The highest BCUT2D eigenvalue weighted by atomic mass is 16.5. The van der Waals surface area contributed by atoms with Crippen LogP contribution in [0.5, 0.6) is 5.75 Å². The first-order chi connectivity index (χ1) is 10.7. The SMILES string of the molecule is COc1ccc(Cn2cc3c(CC(=O)O)cccc3n2)cc1. The number of aromatic nitrogens is 2. The maximum atomic E-state index is 10.9. The Morgan fingerprint density at radius 3 is 2.68 bits per heavy atom. The fourth-order valence-corrected chi connectivity index (χ4v) is 2.47. The highest BCUT2D eigenvalue weighted by Crippen LogP contribution is 2.19. The van der Waals surface area contributed by atoms with E-state index >= 15 is 0 Å². The van der Waals surface area contributed by atoms with E-state index in [-0.39, 0.29) is 6.42 Å². The number of nitrogens with zero attached hydrogens (tertiary/aromatic N) is 2. The van der Waals surface area contributed by atoms with Gasteiger partial charge in [0, 0.05) is 11.6 Å². The summed E-state index contributed by atoms with van der Waals surface area (Å²) in [5.74, 6) is -0.0199. The van der Waals surface area contributed by atoms with Crippen LogP contribution < -0.4 is 4.74 Å². The Kier molecular flexibility index (Phi) is 3.78. The summed E-state index contributed by atoms with van der Waals surface area (Å²) in [7, 11) is 1.64. The topological polar surface area (TPSA) is 64.3 Å². The van der Waals surface area contributed by atoms with Crippen molar-refractivity contribution in [3.05, 3.63) is 59.8 Å². The van der Waals surface area contributed by atoms with Crippen molar-refractivity contribution in [1.82, 2.24) is 9.78 Å². The molecule has 0 bridgehead atoms. The van der Waals surface area contributed by atoms with Gasteiger partial charge in [0.25, 0.3) is 0 Å². The van der Waals surface area contributed by atoms with Crippen molar-refractivity contribution in [1.29, 1.82) is 0 Å². The minimum atomic E-state index is -0.838. The van der Waals surface area contributed by atoms with Gasteiger partial charge in [-0.3, -0.25) is 9.48 Å². The zero-order chi connectivity index (χ0) is 15.5. The molecule has 0 spiro atoms. The van der Waals surface area contributed by atoms with Crippen molar-refractivity contribution in [3.8, 4) is 5.75 Å². The number of rotatable bonds is 5. The molecular weight excluding hydrogens is 280 g/mol. The third-order valence-electron chi connectivity index (χ3n) is 3.53. The molecule has 1 N–H and O–H groups in total. The molecule has 0 aliphatic rings. The number of fused-ring (bicyclic) bond motifs is 1. The van der Waals surface area contributed by atoms with Crippen molar-refractivity contribution in [2.45, 2.75) is 13.0 Å². The van der Waals surface area contributed by atoms with Crippen LogP contribution in [0.2, 0.25) is 0 Å². The number of ether oxygens (including phenoxy) is 1. The summed E-state index contributed by atoms with van der Waals surface area (Å²) >= 11 is 0. The molecule has 5 heteroatoms. The molecule has 5 nitrogen and oxygen atoms in total. The number of benzene rings is 2. The van der Waals surface area contributed by atoms with Crippen LogP contribution in [-0.4, -0.2) is 28.0 Å². The smallest absolute Gasteiger partial charge is 0.307 e. The molecule has 0 aliphatic heterocycles. The zero-order valence-corrected chi connectivity index (χ0v) is 12.2. The quantitative estimate of drug-likeness (QED) is 0.786. The third-order valence-corrected chi connectivity index (χ3v) is 3.53. The van der Waals surface area contributed by atoms with E-state index < -0.39 is 5.97 Å². The second-order valence-electron chi connectivity index (χ2n) is 5.10. The Hall–Kier alpha value is -2.82. The normalized spacial score (nSPS) is 10.8. The highest BCUT2D eigenvalue weighted by molar-refractivity contribution is 5.85. The van der Waals surface area contributed by atoms with Gasteiger partial charge in [0.05, 0.1) is 25.6 Å². The second kappa shape index (κ2) is 5.89. The Morgan fingerprint density at radius 2 is 2.00 bits per heavy atom. The lowest BCUT2D eigenvalue weighted by Gasteiger charge is -2.03. The first-order valence-electron chi connectivity index (χ1n) is 6.95. The van der Waals surface area contributed by atoms with Gasteiger partial charge in [0.15, 0.2) is 0 Å². The molecule has 3 aromatic rings. The van der Waals surface area contributed by atoms with Crippen LogP contribution in [0.25, 0.3) is 10.9 Å². The molecule has 0 fully saturated rings. The van der Waals surface area contributed by atoms with Crippen LogP contribution in [-0.2, 0) is 17.8 Å². The van der Waals surface area contributed by atoms with Gasteiger partial charge in [-0.05, 0) is 29.3 Å². The number of carboxylic acids is 1. The molecule has 22 heavy (non-hydrogen) atoms. The molecule has 0 radical (unpaired) electrons. The standard InChI is InChI=1S/C17H16N2O3/c1-22-14-7-5-12(6-8-14)10-19-11-15-13(9-17(20)21)3-2-4-16(15)18-19/h2-8,11H,9-10H2,1H3,(H,20,21). The molecule has 0 aliphatic carbocycles. The summed E-state index contributed by atoms with van der Waals surface area (Å²) < 4.78 is 6.97. The van der Waals surface area contributed by atoms with Crippen LogP contribution in [0.15, 0.2) is 48.7 Å². The van der Waals surface area contributed by atoms with Gasteiger partial charge in [0.1, 0.15) is 5.75 Å². The van der Waals surface area contributed by atoms with E-state index in [2.05, 4.69) is 5.10 Å². The predicted molar refractivity (Wildman–Crippen MR) is 83.2 cm³/mol. The van der Waals surface area contributed by atoms with E-state index in [1.165, 1.54) is 0 Å². The molecule has 1 heterocycles. The molecule has 3 rings (SSSR count). The van der Waals surface area contributed by atoms with Crippen molar-refractivity contribution >= 4 is 16.9 Å². The van der Waals surface area contributed by atoms with Gasteiger partial charge in [-0.25, -0.2) is 0 Å². The van der Waals surface area contributed by atoms with Crippen molar-refractivity contribution < 1.29 is 14.6 Å². The van der Waals surface area contributed by atoms with Gasteiger partial charge in [-0.2, -0.15) is 5.10 Å². The number of carboxylic acid groups (broad SMARTS) is 1. The second-order valence-corrected chi connectivity index (χ2v) is 5.10.